The van der Waals surface area contributed by atoms with E-state index in [2.05, 4.69) is 4.98 Å². The van der Waals surface area contributed by atoms with Gasteiger partial charge in [0, 0.05) is 13.2 Å². The van der Waals surface area contributed by atoms with Gasteiger partial charge in [0.15, 0.2) is 0 Å². The lowest BCUT2D eigenvalue weighted by atomic mass is 10.5. The highest BCUT2D eigenvalue weighted by Crippen LogP contribution is 1.97. The van der Waals surface area contributed by atoms with Crippen LogP contribution in [0.4, 0.5) is 0 Å². The second-order valence-electron chi connectivity index (χ2n) is 2.31. The first-order chi connectivity index (χ1) is 5.15. The molecule has 0 unspecified atom stereocenters. The van der Waals surface area contributed by atoms with Crippen LogP contribution in [0.25, 0.3) is 0 Å². The molecule has 0 spiro atoms. The van der Waals surface area contributed by atoms with Gasteiger partial charge in [0.05, 0.1) is 12.8 Å². The second-order valence-corrected chi connectivity index (χ2v) is 2.31. The summed E-state index contributed by atoms with van der Waals surface area (Å²) >= 11 is 0. The van der Waals surface area contributed by atoms with Crippen LogP contribution in [0.15, 0.2) is 11.0 Å². The predicted molar refractivity (Wildman–Crippen MR) is 40.8 cm³/mol. The van der Waals surface area contributed by atoms with Crippen molar-refractivity contribution in [3.63, 3.8) is 0 Å². The van der Waals surface area contributed by atoms with E-state index in [1.54, 1.807) is 13.2 Å². The monoisotopic (exact) mass is 154 g/mol. The Labute approximate surface area is 64.5 Å². The smallest absolute Gasteiger partial charge is 0.313 e. The summed E-state index contributed by atoms with van der Waals surface area (Å²) in [4.78, 5) is 15.0. The maximum Gasteiger partial charge on any atom is 0.313 e. The van der Waals surface area contributed by atoms with E-state index in [-0.39, 0.29) is 11.4 Å². The number of ether oxygens (including phenoxy) is 1. The van der Waals surface area contributed by atoms with E-state index in [0.717, 1.165) is 5.69 Å². The molecule has 1 rings (SSSR count). The third kappa shape index (κ3) is 1.39. The summed E-state index contributed by atoms with van der Waals surface area (Å²) in [6.45, 7) is 1.81. The third-order valence-electron chi connectivity index (χ3n) is 1.36. The van der Waals surface area contributed by atoms with Crippen molar-refractivity contribution < 1.29 is 4.74 Å². The molecule has 0 aliphatic carbocycles. The van der Waals surface area contributed by atoms with Crippen LogP contribution in [0.1, 0.15) is 5.69 Å². The minimum Gasteiger partial charge on any atom is -0.477 e. The number of hydrogen-bond acceptors (Lipinski definition) is 3. The van der Waals surface area contributed by atoms with E-state index in [4.69, 9.17) is 4.74 Å². The molecular weight excluding hydrogens is 144 g/mol. The summed E-state index contributed by atoms with van der Waals surface area (Å²) in [5, 5.41) is 0. The first-order valence-corrected chi connectivity index (χ1v) is 3.23. The van der Waals surface area contributed by atoms with Gasteiger partial charge in [0.1, 0.15) is 0 Å². The summed E-state index contributed by atoms with van der Waals surface area (Å²) in [5.74, 6) is 0.146. The average molecular weight is 154 g/mol. The lowest BCUT2D eigenvalue weighted by molar-refractivity contribution is 0.385. The van der Waals surface area contributed by atoms with Crippen molar-refractivity contribution in [2.24, 2.45) is 7.05 Å². The normalized spacial score (nSPS) is 9.73. The molecule has 0 saturated carbocycles. The third-order valence-corrected chi connectivity index (χ3v) is 1.36. The van der Waals surface area contributed by atoms with Crippen molar-refractivity contribution in [3.05, 3.63) is 22.2 Å². The largest absolute Gasteiger partial charge is 0.477 e. The molecule has 1 aromatic rings. The highest BCUT2D eigenvalue weighted by atomic mass is 16.5. The van der Waals surface area contributed by atoms with Gasteiger partial charge in [0.25, 0.3) is 5.88 Å². The number of aryl methyl sites for hydroxylation is 2. The van der Waals surface area contributed by atoms with Crippen LogP contribution in [0.3, 0.4) is 0 Å². The van der Waals surface area contributed by atoms with Crippen LogP contribution in [0, 0.1) is 6.92 Å². The lowest BCUT2D eigenvalue weighted by Gasteiger charge is -2.01. The Bertz CT molecular complexity index is 317. The minimum atomic E-state index is -0.210. The number of nitrogens with zero attached hydrogens (tertiary/aromatic N) is 2. The lowest BCUT2D eigenvalue weighted by Crippen LogP contribution is -2.19. The van der Waals surface area contributed by atoms with Crippen LogP contribution in [-0.4, -0.2) is 16.7 Å². The van der Waals surface area contributed by atoms with E-state index >= 15 is 0 Å². The van der Waals surface area contributed by atoms with Crippen molar-refractivity contribution in [1.82, 2.24) is 9.55 Å². The summed E-state index contributed by atoms with van der Waals surface area (Å²) in [7, 11) is 3.10. The van der Waals surface area contributed by atoms with Crippen molar-refractivity contribution in [3.8, 4) is 5.88 Å². The van der Waals surface area contributed by atoms with Crippen molar-refractivity contribution in [2.45, 2.75) is 6.92 Å². The van der Waals surface area contributed by atoms with E-state index in [1.165, 1.54) is 11.7 Å². The molecular formula is C7H10N2O2. The van der Waals surface area contributed by atoms with Crippen LogP contribution < -0.4 is 10.3 Å². The Morgan fingerprint density at radius 3 is 2.82 bits per heavy atom. The van der Waals surface area contributed by atoms with Gasteiger partial charge >= 0.3 is 5.56 Å². The molecule has 0 N–H and O–H groups in total. The van der Waals surface area contributed by atoms with Gasteiger partial charge in [-0.25, -0.2) is 4.98 Å². The Morgan fingerprint density at radius 1 is 1.64 bits per heavy atom. The SMILES string of the molecule is COc1nc(C)cn(C)c1=O. The first-order valence-electron chi connectivity index (χ1n) is 3.23. The van der Waals surface area contributed by atoms with Crippen LogP contribution in [0.2, 0.25) is 0 Å². The summed E-state index contributed by atoms with van der Waals surface area (Å²) < 4.78 is 6.21. The van der Waals surface area contributed by atoms with E-state index in [0.29, 0.717) is 0 Å². The number of rotatable bonds is 1. The van der Waals surface area contributed by atoms with Gasteiger partial charge in [-0.1, -0.05) is 0 Å². The standard InChI is InChI=1S/C7H10N2O2/c1-5-4-9(2)7(10)6(8-5)11-3/h4H,1-3H3. The van der Waals surface area contributed by atoms with Crippen molar-refractivity contribution in [2.75, 3.05) is 7.11 Å². The van der Waals surface area contributed by atoms with Gasteiger partial charge in [-0.15, -0.1) is 0 Å². The molecule has 4 heteroatoms. The molecule has 1 aromatic heterocycles. The first kappa shape index (κ1) is 7.78. The molecule has 0 fully saturated rings. The Morgan fingerprint density at radius 2 is 2.27 bits per heavy atom. The topological polar surface area (TPSA) is 44.1 Å². The molecule has 0 aromatic carbocycles. The zero-order chi connectivity index (χ0) is 8.43. The highest BCUT2D eigenvalue weighted by molar-refractivity contribution is 5.08. The van der Waals surface area contributed by atoms with Gasteiger partial charge in [0.2, 0.25) is 0 Å². The fourth-order valence-electron chi connectivity index (χ4n) is 0.860. The Hall–Kier alpha value is -1.32. The van der Waals surface area contributed by atoms with Gasteiger partial charge in [-0.3, -0.25) is 4.79 Å². The quantitative estimate of drug-likeness (QED) is 0.576. The molecule has 0 radical (unpaired) electrons. The van der Waals surface area contributed by atoms with Crippen LogP contribution >= 0.6 is 0 Å². The minimum absolute atomic E-state index is 0.146. The molecule has 11 heavy (non-hydrogen) atoms. The molecule has 0 aliphatic heterocycles. The zero-order valence-corrected chi connectivity index (χ0v) is 6.79. The molecule has 0 aliphatic rings. The predicted octanol–water partition coefficient (Wildman–Crippen LogP) is 0.0973. The molecule has 4 nitrogen and oxygen atoms in total. The van der Waals surface area contributed by atoms with Gasteiger partial charge in [-0.05, 0) is 6.92 Å². The molecule has 0 amide bonds. The number of methoxy groups -OCH3 is 1. The van der Waals surface area contributed by atoms with E-state index in [9.17, 15) is 4.79 Å². The van der Waals surface area contributed by atoms with E-state index in [1.807, 2.05) is 6.92 Å². The maximum absolute atomic E-state index is 11.1. The van der Waals surface area contributed by atoms with Gasteiger partial charge < -0.3 is 9.30 Å². The molecule has 60 valence electrons. The summed E-state index contributed by atoms with van der Waals surface area (Å²) in [6, 6.07) is 0. The second kappa shape index (κ2) is 2.74. The van der Waals surface area contributed by atoms with Crippen molar-refractivity contribution in [1.29, 1.82) is 0 Å². The maximum atomic E-state index is 11.1. The Kier molecular flexibility index (Phi) is 1.94. The molecule has 0 saturated heterocycles. The Balaban J connectivity index is 3.37. The molecule has 0 bridgehead atoms. The highest BCUT2D eigenvalue weighted by Gasteiger charge is 2.02. The van der Waals surface area contributed by atoms with Crippen LogP contribution in [-0.2, 0) is 7.05 Å². The molecule has 0 atom stereocenters. The summed E-state index contributed by atoms with van der Waals surface area (Å²) in [5.41, 5.74) is 0.557. The average Bonchev–Trinajstić information content (AvgIpc) is 1.96. The van der Waals surface area contributed by atoms with Crippen LogP contribution in [0.5, 0.6) is 5.88 Å². The zero-order valence-electron chi connectivity index (χ0n) is 6.79. The number of hydrogen-bond donors (Lipinski definition) is 0. The fraction of sp³-hybridized carbons (Fsp3) is 0.429. The number of aromatic nitrogens is 2. The van der Waals surface area contributed by atoms with Crippen molar-refractivity contribution >= 4 is 0 Å². The molecule has 1 heterocycles. The van der Waals surface area contributed by atoms with E-state index < -0.39 is 0 Å². The summed E-state index contributed by atoms with van der Waals surface area (Å²) in [6.07, 6.45) is 1.66. The van der Waals surface area contributed by atoms with Gasteiger partial charge in [-0.2, -0.15) is 0 Å². The fourth-order valence-corrected chi connectivity index (χ4v) is 0.860.